The fourth-order valence-corrected chi connectivity index (χ4v) is 10.4. The smallest absolute Gasteiger partial charge is 0.306 e. The normalized spacial score (nSPS) is 12.2. The van der Waals surface area contributed by atoms with Crippen LogP contribution in [-0.4, -0.2) is 37.2 Å². The summed E-state index contributed by atoms with van der Waals surface area (Å²) in [5.74, 6) is -0.868. The number of unbranched alkanes of at least 4 members (excludes halogenated alkanes) is 47. The Morgan fingerprint density at radius 1 is 0.260 bits per heavy atom. The SMILES string of the molecule is CCCC/C=C\C/C=C\CCCCCCCC(=O)OCC(COC(=O)CCCCCCCCCCCCCCCCCCCCCCCCCCCCC)OC(=O)CCCCCCCCC/C=C\CCCCCCCCC. The Hall–Kier alpha value is -2.37. The molecule has 0 spiro atoms. The van der Waals surface area contributed by atoms with E-state index in [2.05, 4.69) is 57.2 Å². The average Bonchev–Trinajstić information content (AvgIpc) is 3.43. The zero-order valence-corrected chi connectivity index (χ0v) is 52.0. The lowest BCUT2D eigenvalue weighted by molar-refractivity contribution is -0.167. The summed E-state index contributed by atoms with van der Waals surface area (Å²) in [5.41, 5.74) is 0. The highest BCUT2D eigenvalue weighted by atomic mass is 16.6. The second kappa shape index (κ2) is 66.1. The van der Waals surface area contributed by atoms with Crippen LogP contribution < -0.4 is 0 Å². The van der Waals surface area contributed by atoms with Crippen LogP contribution in [0.1, 0.15) is 380 Å². The van der Waals surface area contributed by atoms with E-state index in [4.69, 9.17) is 14.2 Å². The van der Waals surface area contributed by atoms with Gasteiger partial charge in [0.25, 0.3) is 0 Å². The molecule has 0 radical (unpaired) electrons. The topological polar surface area (TPSA) is 78.9 Å². The van der Waals surface area contributed by atoms with Crippen molar-refractivity contribution in [3.8, 4) is 0 Å². The van der Waals surface area contributed by atoms with Gasteiger partial charge in [0.15, 0.2) is 6.10 Å². The van der Waals surface area contributed by atoms with Gasteiger partial charge in [-0.3, -0.25) is 14.4 Å². The molecule has 0 aromatic rings. The quantitative estimate of drug-likeness (QED) is 0.0261. The Morgan fingerprint density at radius 3 is 0.766 bits per heavy atom. The summed E-state index contributed by atoms with van der Waals surface area (Å²) in [5, 5.41) is 0. The third kappa shape index (κ3) is 64.3. The van der Waals surface area contributed by atoms with Crippen LogP contribution in [0.5, 0.6) is 0 Å². The molecule has 0 aliphatic rings. The molecule has 0 bridgehead atoms. The van der Waals surface area contributed by atoms with Gasteiger partial charge in [-0.1, -0.05) is 327 Å². The monoisotopic (exact) mass is 1080 g/mol. The summed E-state index contributed by atoms with van der Waals surface area (Å²) < 4.78 is 17.0. The number of rotatable bonds is 64. The highest BCUT2D eigenvalue weighted by molar-refractivity contribution is 5.71. The van der Waals surface area contributed by atoms with Crippen molar-refractivity contribution in [2.75, 3.05) is 13.2 Å². The number of ether oxygens (including phenoxy) is 3. The minimum atomic E-state index is -0.779. The molecule has 0 N–H and O–H groups in total. The van der Waals surface area contributed by atoms with E-state index in [1.54, 1.807) is 0 Å². The Labute approximate surface area is 480 Å². The Kier molecular flexibility index (Phi) is 64.1. The van der Waals surface area contributed by atoms with Crippen molar-refractivity contribution in [1.29, 1.82) is 0 Å². The molecule has 452 valence electrons. The van der Waals surface area contributed by atoms with Crippen molar-refractivity contribution in [1.82, 2.24) is 0 Å². The molecule has 0 aliphatic carbocycles. The first-order valence-corrected chi connectivity index (χ1v) is 34.5. The van der Waals surface area contributed by atoms with Gasteiger partial charge in [-0.25, -0.2) is 0 Å². The van der Waals surface area contributed by atoms with Gasteiger partial charge in [-0.2, -0.15) is 0 Å². The van der Waals surface area contributed by atoms with Crippen molar-refractivity contribution < 1.29 is 28.6 Å². The molecular weight excluding hydrogens is 949 g/mol. The predicted octanol–water partition coefficient (Wildman–Crippen LogP) is 23.6. The van der Waals surface area contributed by atoms with Gasteiger partial charge in [0.2, 0.25) is 0 Å². The summed E-state index contributed by atoms with van der Waals surface area (Å²) in [6.07, 6.45) is 81.7. The molecule has 0 saturated carbocycles. The molecule has 1 unspecified atom stereocenters. The molecule has 0 aliphatic heterocycles. The molecule has 0 aromatic heterocycles. The molecule has 0 heterocycles. The van der Waals surface area contributed by atoms with E-state index in [0.717, 1.165) is 77.0 Å². The lowest BCUT2D eigenvalue weighted by Crippen LogP contribution is -2.30. The third-order valence-electron chi connectivity index (χ3n) is 15.6. The van der Waals surface area contributed by atoms with Crippen LogP contribution >= 0.6 is 0 Å². The van der Waals surface area contributed by atoms with Gasteiger partial charge >= 0.3 is 17.9 Å². The van der Waals surface area contributed by atoms with Gasteiger partial charge in [0.05, 0.1) is 0 Å². The van der Waals surface area contributed by atoms with Crippen molar-refractivity contribution >= 4 is 17.9 Å². The molecule has 1 atom stereocenters. The van der Waals surface area contributed by atoms with Crippen LogP contribution in [0, 0.1) is 0 Å². The first-order chi connectivity index (χ1) is 38.0. The first kappa shape index (κ1) is 74.6. The standard InChI is InChI=1S/C71H132O6/c1-4-7-10-13-16-19-22-25-28-30-32-33-34-35-36-37-38-39-40-42-43-46-49-52-55-58-61-64-70(73)76-67-68(66-75-69(72)63-60-57-54-51-48-45-27-24-21-18-15-12-9-6-3)77-71(74)65-62-59-56-53-50-47-44-41-31-29-26-23-20-17-14-11-8-5-2/h15,18,24,27,29,31,68H,4-14,16-17,19-23,25-26,28,30,32-67H2,1-3H3/b18-15-,27-24-,31-29-. The van der Waals surface area contributed by atoms with Crippen LogP contribution in [0.2, 0.25) is 0 Å². The Morgan fingerprint density at radius 2 is 0.481 bits per heavy atom. The number of carbonyl (C=O) groups is 3. The molecule has 0 rings (SSSR count). The fourth-order valence-electron chi connectivity index (χ4n) is 10.4. The van der Waals surface area contributed by atoms with E-state index in [0.29, 0.717) is 19.3 Å². The molecule has 0 fully saturated rings. The Bertz CT molecular complexity index is 1290. The summed E-state index contributed by atoms with van der Waals surface area (Å²) in [7, 11) is 0. The molecule has 0 saturated heterocycles. The Balaban J connectivity index is 4.22. The molecule has 77 heavy (non-hydrogen) atoms. The minimum absolute atomic E-state index is 0.0741. The minimum Gasteiger partial charge on any atom is -0.462 e. The van der Waals surface area contributed by atoms with Crippen LogP contribution in [0.3, 0.4) is 0 Å². The number of carbonyl (C=O) groups excluding carboxylic acids is 3. The number of hydrogen-bond donors (Lipinski definition) is 0. The predicted molar refractivity (Wildman–Crippen MR) is 335 cm³/mol. The van der Waals surface area contributed by atoms with E-state index in [9.17, 15) is 14.4 Å². The van der Waals surface area contributed by atoms with Crippen molar-refractivity contribution in [2.24, 2.45) is 0 Å². The summed E-state index contributed by atoms with van der Waals surface area (Å²) in [4.78, 5) is 38.4. The summed E-state index contributed by atoms with van der Waals surface area (Å²) >= 11 is 0. The van der Waals surface area contributed by atoms with E-state index in [1.165, 1.54) is 263 Å². The van der Waals surface area contributed by atoms with Crippen molar-refractivity contribution in [2.45, 2.75) is 386 Å². The van der Waals surface area contributed by atoms with Crippen molar-refractivity contribution in [3.05, 3.63) is 36.5 Å². The number of allylic oxidation sites excluding steroid dienone is 6. The zero-order chi connectivity index (χ0) is 55.7. The molecular formula is C71H132O6. The highest BCUT2D eigenvalue weighted by Gasteiger charge is 2.19. The maximum Gasteiger partial charge on any atom is 0.306 e. The highest BCUT2D eigenvalue weighted by Crippen LogP contribution is 2.18. The number of hydrogen-bond acceptors (Lipinski definition) is 6. The van der Waals surface area contributed by atoms with Gasteiger partial charge in [0, 0.05) is 19.3 Å². The van der Waals surface area contributed by atoms with Crippen LogP contribution in [0.4, 0.5) is 0 Å². The average molecular weight is 1080 g/mol. The van der Waals surface area contributed by atoms with Crippen LogP contribution in [-0.2, 0) is 28.6 Å². The molecule has 0 aromatic carbocycles. The van der Waals surface area contributed by atoms with Gasteiger partial charge in [0.1, 0.15) is 13.2 Å². The van der Waals surface area contributed by atoms with Gasteiger partial charge in [-0.15, -0.1) is 0 Å². The van der Waals surface area contributed by atoms with E-state index in [-0.39, 0.29) is 31.1 Å². The third-order valence-corrected chi connectivity index (χ3v) is 15.6. The van der Waals surface area contributed by atoms with E-state index >= 15 is 0 Å². The van der Waals surface area contributed by atoms with Gasteiger partial charge in [-0.05, 0) is 70.6 Å². The lowest BCUT2D eigenvalue weighted by atomic mass is 10.0. The van der Waals surface area contributed by atoms with E-state index in [1.807, 2.05) is 0 Å². The zero-order valence-electron chi connectivity index (χ0n) is 52.0. The first-order valence-electron chi connectivity index (χ1n) is 34.5. The van der Waals surface area contributed by atoms with Gasteiger partial charge < -0.3 is 14.2 Å². The maximum absolute atomic E-state index is 12.9. The second-order valence-corrected chi connectivity index (χ2v) is 23.4. The lowest BCUT2D eigenvalue weighted by Gasteiger charge is -2.18. The second-order valence-electron chi connectivity index (χ2n) is 23.4. The largest absolute Gasteiger partial charge is 0.462 e. The van der Waals surface area contributed by atoms with E-state index < -0.39 is 6.10 Å². The fraction of sp³-hybridized carbons (Fsp3) is 0.873. The number of esters is 3. The molecule has 6 nitrogen and oxygen atoms in total. The summed E-state index contributed by atoms with van der Waals surface area (Å²) in [6.45, 7) is 6.65. The summed E-state index contributed by atoms with van der Waals surface area (Å²) in [6, 6.07) is 0. The molecule has 0 amide bonds. The van der Waals surface area contributed by atoms with Crippen LogP contribution in [0.25, 0.3) is 0 Å². The van der Waals surface area contributed by atoms with Crippen LogP contribution in [0.15, 0.2) is 36.5 Å². The maximum atomic E-state index is 12.9. The van der Waals surface area contributed by atoms with Crippen molar-refractivity contribution in [3.63, 3.8) is 0 Å². The molecule has 6 heteroatoms.